The summed E-state index contributed by atoms with van der Waals surface area (Å²) in [5, 5.41) is 14.2. The zero-order valence-electron chi connectivity index (χ0n) is 22.6. The minimum atomic E-state index is -0.736. The van der Waals surface area contributed by atoms with Crippen molar-refractivity contribution in [2.45, 2.75) is 19.1 Å². The molecule has 3 aromatic carbocycles. The van der Waals surface area contributed by atoms with Crippen LogP contribution in [0.3, 0.4) is 0 Å². The fraction of sp³-hybridized carbons (Fsp3) is 0.200. The van der Waals surface area contributed by atoms with E-state index >= 15 is 0 Å². The standard InChI is InChI=1S/C30H28Cl2N2O6.H2O/c1-37-21-8-9-26(35)25(13-21)34-15-18-5-4-6-20(11-18)30(36)40-28(14-22-23(31)16-33-17-24(22)32)19-7-10-27(38-2)29(12-19)39-3;/h4-13,16-17,28,34-35H,14-15H2,1-3H3;1H2/t28-;/m0./s1. The van der Waals surface area contributed by atoms with Crippen LogP contribution in [-0.4, -0.2) is 37.9 Å². The Bertz CT molecular complexity index is 1480. The molecule has 11 heteroatoms. The number of phenolic OH excluding ortho intramolecular Hbond substituents is 1. The van der Waals surface area contributed by atoms with Gasteiger partial charge in [-0.15, -0.1) is 0 Å². The number of hydrogen-bond donors (Lipinski definition) is 2. The first-order chi connectivity index (χ1) is 19.3. The van der Waals surface area contributed by atoms with E-state index in [4.69, 9.17) is 42.1 Å². The average Bonchev–Trinajstić information content (AvgIpc) is 2.97. The van der Waals surface area contributed by atoms with Crippen LogP contribution in [0.25, 0.3) is 0 Å². The number of H-pyrrole nitrogens is 1. The number of aromatic nitrogens is 1. The quantitative estimate of drug-likeness (QED) is 0.156. The number of benzene rings is 3. The number of esters is 1. The maximum Gasteiger partial charge on any atom is 0.338 e. The van der Waals surface area contributed by atoms with E-state index in [9.17, 15) is 9.90 Å². The molecule has 216 valence electrons. The molecule has 0 aliphatic rings. The van der Waals surface area contributed by atoms with Crippen LogP contribution in [0.5, 0.6) is 23.0 Å². The van der Waals surface area contributed by atoms with Crippen LogP contribution in [0.4, 0.5) is 5.69 Å². The third-order valence-corrected chi connectivity index (χ3v) is 6.94. The van der Waals surface area contributed by atoms with Gasteiger partial charge in [-0.2, -0.15) is 0 Å². The number of nitrogens with one attached hydrogen (secondary N) is 2. The number of pyridine rings is 1. The van der Waals surface area contributed by atoms with Gasteiger partial charge >= 0.3 is 5.97 Å². The Balaban J connectivity index is 0.00000462. The third-order valence-electron chi connectivity index (χ3n) is 6.26. The molecule has 9 nitrogen and oxygen atoms in total. The number of anilines is 1. The number of aromatic hydroxyl groups is 1. The minimum absolute atomic E-state index is 0. The number of phenols is 1. The van der Waals surface area contributed by atoms with Crippen LogP contribution < -0.4 is 24.5 Å². The second-order valence-corrected chi connectivity index (χ2v) is 9.59. The molecule has 0 amide bonds. The van der Waals surface area contributed by atoms with Gasteiger partial charge in [0.1, 0.15) is 27.6 Å². The number of aromatic amines is 1. The summed E-state index contributed by atoms with van der Waals surface area (Å²) in [5.41, 5.74) is 2.99. The summed E-state index contributed by atoms with van der Waals surface area (Å²) in [6.45, 7) is 0.354. The zero-order valence-corrected chi connectivity index (χ0v) is 24.1. The van der Waals surface area contributed by atoms with E-state index in [1.165, 1.54) is 7.11 Å². The SMILES string of the molecule is COc1ccc(O)c(NCc2cccc(C(=O)O[C@@H](Cc3c(Cl)c[nH+]cc3Cl)c3ccc(OC)c(OC)c3)c2)c1.[OH-]. The van der Waals surface area contributed by atoms with Crippen molar-refractivity contribution in [1.82, 2.24) is 0 Å². The Kier molecular flexibility index (Phi) is 11.0. The van der Waals surface area contributed by atoms with Gasteiger partial charge < -0.3 is 34.8 Å². The Hall–Kier alpha value is -4.18. The molecule has 0 unspecified atom stereocenters. The van der Waals surface area contributed by atoms with Crippen molar-refractivity contribution in [2.75, 3.05) is 26.6 Å². The molecular formula is C30H30Cl2N2O7. The van der Waals surface area contributed by atoms with Gasteiger partial charge in [0.05, 0.1) is 32.6 Å². The van der Waals surface area contributed by atoms with Gasteiger partial charge in [-0.05, 0) is 47.5 Å². The van der Waals surface area contributed by atoms with Crippen molar-refractivity contribution < 1.29 is 39.3 Å². The first-order valence-electron chi connectivity index (χ1n) is 12.3. The van der Waals surface area contributed by atoms with Crippen LogP contribution in [0.1, 0.15) is 33.2 Å². The summed E-state index contributed by atoms with van der Waals surface area (Å²) in [5.74, 6) is 1.21. The largest absolute Gasteiger partial charge is 0.870 e. The number of ether oxygens (including phenoxy) is 4. The van der Waals surface area contributed by atoms with E-state index in [0.29, 0.717) is 56.2 Å². The fourth-order valence-corrected chi connectivity index (χ4v) is 4.66. The Labute approximate surface area is 247 Å². The van der Waals surface area contributed by atoms with E-state index in [1.807, 2.05) is 6.07 Å². The normalized spacial score (nSPS) is 11.1. The number of hydrogen-bond acceptors (Lipinski definition) is 8. The molecule has 0 radical (unpaired) electrons. The summed E-state index contributed by atoms with van der Waals surface area (Å²) < 4.78 is 22.1. The Morgan fingerprint density at radius 1 is 0.927 bits per heavy atom. The molecule has 0 aliphatic carbocycles. The lowest BCUT2D eigenvalue weighted by atomic mass is 10.0. The molecule has 4 aromatic rings. The molecule has 0 fully saturated rings. The van der Waals surface area contributed by atoms with Crippen molar-refractivity contribution in [3.05, 3.63) is 105 Å². The van der Waals surface area contributed by atoms with Gasteiger partial charge in [0.2, 0.25) is 0 Å². The van der Waals surface area contributed by atoms with E-state index < -0.39 is 12.1 Å². The average molecular weight is 601 g/mol. The second-order valence-electron chi connectivity index (χ2n) is 8.78. The van der Waals surface area contributed by atoms with Crippen molar-refractivity contribution >= 4 is 34.9 Å². The highest BCUT2D eigenvalue weighted by Crippen LogP contribution is 2.35. The summed E-state index contributed by atoms with van der Waals surface area (Å²) >= 11 is 12.8. The zero-order chi connectivity index (χ0) is 28.6. The molecule has 1 aromatic heterocycles. The monoisotopic (exact) mass is 600 g/mol. The molecule has 0 saturated heterocycles. The Morgan fingerprint density at radius 2 is 1.66 bits per heavy atom. The van der Waals surface area contributed by atoms with E-state index in [2.05, 4.69) is 10.3 Å². The number of halogens is 2. The summed E-state index contributed by atoms with van der Waals surface area (Å²) in [6, 6.07) is 17.3. The number of carbonyl (C=O) groups is 1. The van der Waals surface area contributed by atoms with Crippen molar-refractivity contribution in [3.63, 3.8) is 0 Å². The fourth-order valence-electron chi connectivity index (χ4n) is 4.12. The third kappa shape index (κ3) is 7.73. The highest BCUT2D eigenvalue weighted by molar-refractivity contribution is 6.35. The lowest BCUT2D eigenvalue weighted by Crippen LogP contribution is -2.16. The lowest BCUT2D eigenvalue weighted by molar-refractivity contribution is -0.377. The molecule has 4 N–H and O–H groups in total. The highest BCUT2D eigenvalue weighted by atomic mass is 35.5. The van der Waals surface area contributed by atoms with Crippen molar-refractivity contribution in [1.29, 1.82) is 0 Å². The van der Waals surface area contributed by atoms with Crippen LogP contribution in [0, 0.1) is 0 Å². The predicted molar refractivity (Wildman–Crippen MR) is 155 cm³/mol. The minimum Gasteiger partial charge on any atom is -0.870 e. The smallest absolute Gasteiger partial charge is 0.338 e. The van der Waals surface area contributed by atoms with Gasteiger partial charge in [-0.3, -0.25) is 0 Å². The van der Waals surface area contributed by atoms with Gasteiger partial charge in [0.25, 0.3) is 0 Å². The van der Waals surface area contributed by atoms with Crippen LogP contribution in [-0.2, 0) is 17.7 Å². The molecule has 0 saturated carbocycles. The maximum atomic E-state index is 13.4. The second kappa shape index (κ2) is 14.5. The first-order valence-corrected chi connectivity index (χ1v) is 13.0. The molecule has 41 heavy (non-hydrogen) atoms. The van der Waals surface area contributed by atoms with Gasteiger partial charge in [-0.1, -0.05) is 41.4 Å². The molecule has 4 rings (SSSR count). The van der Waals surface area contributed by atoms with Gasteiger partial charge in [0.15, 0.2) is 23.9 Å². The number of carbonyl (C=O) groups excluding carboxylic acids is 1. The number of rotatable bonds is 11. The molecule has 1 atom stereocenters. The molecule has 0 spiro atoms. The van der Waals surface area contributed by atoms with Crippen LogP contribution in [0.15, 0.2) is 73.1 Å². The topological polar surface area (TPSA) is 130 Å². The summed E-state index contributed by atoms with van der Waals surface area (Å²) in [4.78, 5) is 16.3. The molecule has 0 bridgehead atoms. The maximum absolute atomic E-state index is 13.4. The van der Waals surface area contributed by atoms with Gasteiger partial charge in [0, 0.05) is 24.6 Å². The lowest BCUT2D eigenvalue weighted by Gasteiger charge is -2.21. The highest BCUT2D eigenvalue weighted by Gasteiger charge is 2.24. The van der Waals surface area contributed by atoms with Gasteiger partial charge in [-0.25, -0.2) is 9.78 Å². The summed E-state index contributed by atoms with van der Waals surface area (Å²) in [6.07, 6.45) is 2.73. The summed E-state index contributed by atoms with van der Waals surface area (Å²) in [7, 11) is 4.64. The Morgan fingerprint density at radius 3 is 2.34 bits per heavy atom. The molecule has 0 aliphatic heterocycles. The molecule has 1 heterocycles. The van der Waals surface area contributed by atoms with E-state index in [1.54, 1.807) is 81.2 Å². The van der Waals surface area contributed by atoms with Crippen molar-refractivity contribution in [2.24, 2.45) is 0 Å². The number of methoxy groups -OCH3 is 3. The van der Waals surface area contributed by atoms with Crippen LogP contribution in [0.2, 0.25) is 10.0 Å². The van der Waals surface area contributed by atoms with Crippen LogP contribution >= 0.6 is 23.2 Å². The molecular weight excluding hydrogens is 571 g/mol. The first kappa shape index (κ1) is 31.3. The van der Waals surface area contributed by atoms with E-state index in [-0.39, 0.29) is 17.6 Å². The van der Waals surface area contributed by atoms with E-state index in [0.717, 1.165) is 5.56 Å². The predicted octanol–water partition coefficient (Wildman–Crippen LogP) is 6.12. The van der Waals surface area contributed by atoms with Crippen molar-refractivity contribution in [3.8, 4) is 23.0 Å².